The number of hydrogen-bond donors (Lipinski definition) is 1. The minimum atomic E-state index is 0.432. The molecule has 0 radical (unpaired) electrons. The number of fused-ring (bicyclic) bond motifs is 2. The van der Waals surface area contributed by atoms with Crippen LogP contribution in [-0.4, -0.2) is 39.1 Å². The molecule has 1 fully saturated rings. The highest BCUT2D eigenvalue weighted by Crippen LogP contribution is 2.27. The largest absolute Gasteiger partial charge is 0.384 e. The van der Waals surface area contributed by atoms with E-state index in [1.54, 1.807) is 0 Å². The Bertz CT molecular complexity index is 930. The molecule has 0 saturated carbocycles. The number of benzene rings is 1. The number of para-hydroxylation sites is 2. The fourth-order valence-electron chi connectivity index (χ4n) is 3.48. The summed E-state index contributed by atoms with van der Waals surface area (Å²) in [4.78, 5) is 11.8. The highest BCUT2D eigenvalue weighted by atomic mass is 15.2. The van der Waals surface area contributed by atoms with Crippen molar-refractivity contribution in [1.29, 1.82) is 5.26 Å². The van der Waals surface area contributed by atoms with Gasteiger partial charge in [0.25, 0.3) is 0 Å². The zero-order valence-electron chi connectivity index (χ0n) is 13.6. The van der Waals surface area contributed by atoms with Gasteiger partial charge in [0.2, 0.25) is 0 Å². The summed E-state index contributed by atoms with van der Waals surface area (Å²) in [6.45, 7) is 3.93. The van der Waals surface area contributed by atoms with Gasteiger partial charge in [0.15, 0.2) is 5.65 Å². The second-order valence-electron chi connectivity index (χ2n) is 6.31. The second-order valence-corrected chi connectivity index (χ2v) is 6.31. The van der Waals surface area contributed by atoms with Crippen molar-refractivity contribution in [2.75, 3.05) is 25.4 Å². The maximum Gasteiger partial charge on any atom is 0.162 e. The molecular weight excluding hydrogens is 300 g/mol. The van der Waals surface area contributed by atoms with Crippen LogP contribution in [0.4, 0.5) is 5.82 Å². The van der Waals surface area contributed by atoms with Crippen molar-refractivity contribution in [3.05, 3.63) is 29.8 Å². The number of aromatic nitrogens is 3. The number of nitrogen functional groups attached to an aromatic ring is 1. The molecule has 0 atom stereocenters. The van der Waals surface area contributed by atoms with Crippen LogP contribution in [-0.2, 0) is 6.54 Å². The lowest BCUT2D eigenvalue weighted by Gasteiger charge is -2.26. The summed E-state index contributed by atoms with van der Waals surface area (Å²) < 4.78 is 1.95. The molecule has 122 valence electrons. The summed E-state index contributed by atoms with van der Waals surface area (Å²) in [6, 6.07) is 9.91. The Morgan fingerprint density at radius 3 is 2.46 bits per heavy atom. The first-order valence-corrected chi connectivity index (χ1v) is 8.45. The molecule has 1 aliphatic rings. The van der Waals surface area contributed by atoms with E-state index in [-0.39, 0.29) is 0 Å². The lowest BCUT2D eigenvalue weighted by Crippen LogP contribution is -2.32. The van der Waals surface area contributed by atoms with Crippen molar-refractivity contribution in [2.24, 2.45) is 0 Å². The second kappa shape index (κ2) is 6.10. The van der Waals surface area contributed by atoms with Gasteiger partial charge in [0.1, 0.15) is 23.0 Å². The lowest BCUT2D eigenvalue weighted by atomic mass is 10.1. The maximum atomic E-state index is 9.50. The molecule has 0 unspecified atom stereocenters. The molecule has 2 N–H and O–H groups in total. The number of rotatable bonds is 3. The van der Waals surface area contributed by atoms with Crippen LogP contribution in [0.2, 0.25) is 0 Å². The molecule has 0 aliphatic carbocycles. The number of anilines is 1. The first kappa shape index (κ1) is 14.9. The van der Waals surface area contributed by atoms with Crippen LogP contribution in [0.15, 0.2) is 24.3 Å². The van der Waals surface area contributed by atoms with Gasteiger partial charge in [0, 0.05) is 13.1 Å². The first-order valence-electron chi connectivity index (χ1n) is 8.45. The van der Waals surface area contributed by atoms with Crippen LogP contribution in [0.25, 0.3) is 22.2 Å². The van der Waals surface area contributed by atoms with E-state index in [2.05, 4.69) is 16.0 Å². The van der Waals surface area contributed by atoms with Gasteiger partial charge >= 0.3 is 0 Å². The number of nitrogens with two attached hydrogens (primary N) is 1. The zero-order valence-corrected chi connectivity index (χ0v) is 13.6. The molecule has 1 aromatic carbocycles. The van der Waals surface area contributed by atoms with Crippen molar-refractivity contribution in [2.45, 2.75) is 25.8 Å². The number of likely N-dealkylation sites (tertiary alicyclic amines) is 1. The van der Waals surface area contributed by atoms with E-state index in [1.165, 1.54) is 19.3 Å². The monoisotopic (exact) mass is 320 g/mol. The normalized spacial score (nSPS) is 15.8. The van der Waals surface area contributed by atoms with E-state index in [0.717, 1.165) is 37.2 Å². The van der Waals surface area contributed by atoms with Crippen molar-refractivity contribution >= 4 is 28.0 Å². The van der Waals surface area contributed by atoms with Crippen molar-refractivity contribution in [1.82, 2.24) is 19.4 Å². The topological polar surface area (TPSA) is 83.8 Å². The van der Waals surface area contributed by atoms with Gasteiger partial charge in [0.05, 0.1) is 11.0 Å². The van der Waals surface area contributed by atoms with Crippen LogP contribution in [0.5, 0.6) is 0 Å². The average Bonchev–Trinajstić information content (AvgIpc) is 2.89. The number of hydrogen-bond acceptors (Lipinski definition) is 5. The average molecular weight is 320 g/mol. The van der Waals surface area contributed by atoms with E-state index in [4.69, 9.17) is 10.7 Å². The Balaban J connectivity index is 1.77. The lowest BCUT2D eigenvalue weighted by molar-refractivity contribution is 0.222. The molecule has 0 bridgehead atoms. The summed E-state index contributed by atoms with van der Waals surface area (Å²) in [5.41, 5.74) is 9.60. The third-order valence-corrected chi connectivity index (χ3v) is 4.79. The first-order chi connectivity index (χ1) is 11.8. The standard InChI is InChI=1S/C18H20N6/c19-12-13-16-18(22-15-7-3-2-6-14(15)21-16)24(17(13)20)11-10-23-8-4-1-5-9-23/h2-3,6-7H,1,4-5,8-11,20H2. The molecule has 1 aliphatic heterocycles. The van der Waals surface area contributed by atoms with Crippen LogP contribution < -0.4 is 5.73 Å². The minimum Gasteiger partial charge on any atom is -0.384 e. The molecule has 1 saturated heterocycles. The summed E-state index contributed by atoms with van der Waals surface area (Å²) in [6.07, 6.45) is 3.84. The van der Waals surface area contributed by atoms with Gasteiger partial charge in [-0.3, -0.25) is 0 Å². The Labute approximate surface area is 140 Å². The molecule has 6 nitrogen and oxygen atoms in total. The third kappa shape index (κ3) is 2.47. The van der Waals surface area contributed by atoms with Gasteiger partial charge in [-0.15, -0.1) is 0 Å². The summed E-state index contributed by atoms with van der Waals surface area (Å²) in [5, 5.41) is 9.50. The SMILES string of the molecule is N#Cc1c(N)n(CCN2CCCCC2)c2nc3ccccc3nc12. The highest BCUT2D eigenvalue weighted by Gasteiger charge is 2.19. The predicted octanol–water partition coefficient (Wildman–Crippen LogP) is 2.52. The van der Waals surface area contributed by atoms with Gasteiger partial charge in [-0.1, -0.05) is 18.6 Å². The highest BCUT2D eigenvalue weighted by molar-refractivity contribution is 5.92. The fraction of sp³-hybridized carbons (Fsp3) is 0.389. The Hall–Kier alpha value is -2.65. The predicted molar refractivity (Wildman–Crippen MR) is 94.5 cm³/mol. The fourth-order valence-corrected chi connectivity index (χ4v) is 3.48. The molecule has 6 heteroatoms. The van der Waals surface area contributed by atoms with Crippen LogP contribution >= 0.6 is 0 Å². The quantitative estimate of drug-likeness (QED) is 0.801. The number of nitrogens with zero attached hydrogens (tertiary/aromatic N) is 5. The molecule has 4 rings (SSSR count). The van der Waals surface area contributed by atoms with E-state index >= 15 is 0 Å². The zero-order chi connectivity index (χ0) is 16.5. The van der Waals surface area contributed by atoms with Crippen molar-refractivity contribution in [3.63, 3.8) is 0 Å². The number of nitriles is 1. The molecule has 3 aromatic rings. The molecule has 0 spiro atoms. The third-order valence-electron chi connectivity index (χ3n) is 4.79. The molecule has 3 heterocycles. The molecule has 24 heavy (non-hydrogen) atoms. The molecular formula is C18H20N6. The number of piperidine rings is 1. The smallest absolute Gasteiger partial charge is 0.162 e. The van der Waals surface area contributed by atoms with Crippen LogP contribution in [0.3, 0.4) is 0 Å². The van der Waals surface area contributed by atoms with Gasteiger partial charge in [-0.2, -0.15) is 5.26 Å². The summed E-state index contributed by atoms with van der Waals surface area (Å²) in [7, 11) is 0. The maximum absolute atomic E-state index is 9.50. The van der Waals surface area contributed by atoms with Crippen LogP contribution in [0, 0.1) is 11.3 Å². The minimum absolute atomic E-state index is 0.432. The van der Waals surface area contributed by atoms with E-state index in [0.29, 0.717) is 22.5 Å². The van der Waals surface area contributed by atoms with Crippen LogP contribution in [0.1, 0.15) is 24.8 Å². The molecule has 2 aromatic heterocycles. The van der Waals surface area contributed by atoms with E-state index in [1.807, 2.05) is 28.8 Å². The Morgan fingerprint density at radius 1 is 1.04 bits per heavy atom. The Kier molecular flexibility index (Phi) is 3.79. The Morgan fingerprint density at radius 2 is 1.75 bits per heavy atom. The van der Waals surface area contributed by atoms with E-state index in [9.17, 15) is 5.26 Å². The van der Waals surface area contributed by atoms with Crippen molar-refractivity contribution in [3.8, 4) is 6.07 Å². The van der Waals surface area contributed by atoms with Gasteiger partial charge in [-0.25, -0.2) is 9.97 Å². The summed E-state index contributed by atoms with van der Waals surface area (Å²) >= 11 is 0. The van der Waals surface area contributed by atoms with Gasteiger partial charge in [-0.05, 0) is 38.1 Å². The molecule has 0 amide bonds. The summed E-state index contributed by atoms with van der Waals surface area (Å²) in [5.74, 6) is 0.472. The van der Waals surface area contributed by atoms with Gasteiger partial charge < -0.3 is 15.2 Å². The van der Waals surface area contributed by atoms with E-state index < -0.39 is 0 Å². The van der Waals surface area contributed by atoms with Crippen molar-refractivity contribution < 1.29 is 0 Å².